The summed E-state index contributed by atoms with van der Waals surface area (Å²) in [5.41, 5.74) is 4.23. The first kappa shape index (κ1) is 41.2. The molecular formula is C34H51F4N7O2. The van der Waals surface area contributed by atoms with Crippen LogP contribution in [-0.4, -0.2) is 52.7 Å². The van der Waals surface area contributed by atoms with E-state index in [-0.39, 0.29) is 35.2 Å². The molecular weight excluding hydrogens is 614 g/mol. The molecule has 3 heterocycles. The number of ether oxygens (including phenoxy) is 1. The minimum atomic E-state index is -4.47. The third-order valence-electron chi connectivity index (χ3n) is 6.25. The van der Waals surface area contributed by atoms with Crippen LogP contribution in [-0.2, 0) is 10.9 Å². The van der Waals surface area contributed by atoms with Gasteiger partial charge in [0.25, 0.3) is 5.91 Å². The highest BCUT2D eigenvalue weighted by molar-refractivity contribution is 5.92. The Morgan fingerprint density at radius 1 is 1.04 bits per heavy atom. The van der Waals surface area contributed by atoms with Crippen molar-refractivity contribution in [2.75, 3.05) is 30.1 Å². The van der Waals surface area contributed by atoms with Crippen molar-refractivity contribution in [2.24, 2.45) is 0 Å². The summed E-state index contributed by atoms with van der Waals surface area (Å²) in [5, 5.41) is 7.44. The van der Waals surface area contributed by atoms with Crippen LogP contribution in [0, 0.1) is 19.7 Å². The van der Waals surface area contributed by atoms with Crippen LogP contribution < -0.4 is 21.1 Å². The second-order valence-electron chi connectivity index (χ2n) is 10.8. The third kappa shape index (κ3) is 15.1. The number of hydrogen-bond donors (Lipinski definition) is 3. The van der Waals surface area contributed by atoms with Crippen LogP contribution in [0.1, 0.15) is 95.3 Å². The topological polar surface area (TPSA) is 104 Å². The van der Waals surface area contributed by atoms with Crippen molar-refractivity contribution in [1.82, 2.24) is 25.7 Å². The van der Waals surface area contributed by atoms with Crippen LogP contribution >= 0.6 is 0 Å². The van der Waals surface area contributed by atoms with Crippen LogP contribution in [0.5, 0.6) is 0 Å². The number of nitrogens with zero attached hydrogens (tertiary/aromatic N) is 4. The van der Waals surface area contributed by atoms with Crippen LogP contribution in [0.25, 0.3) is 0 Å². The summed E-state index contributed by atoms with van der Waals surface area (Å²) in [6.45, 7) is 19.8. The molecule has 13 heteroatoms. The maximum atomic E-state index is 13.4. The summed E-state index contributed by atoms with van der Waals surface area (Å²) in [6.07, 6.45) is 1.26. The number of anilines is 3. The molecule has 0 radical (unpaired) electrons. The highest BCUT2D eigenvalue weighted by atomic mass is 19.4. The molecule has 1 fully saturated rings. The fourth-order valence-electron chi connectivity index (χ4n) is 4.07. The Labute approximate surface area is 276 Å². The number of rotatable bonds is 9. The summed E-state index contributed by atoms with van der Waals surface area (Å²) in [5.74, 6) is -0.0449. The number of benzene rings is 1. The molecule has 1 unspecified atom stereocenters. The molecule has 2 aromatic heterocycles. The zero-order valence-corrected chi connectivity index (χ0v) is 29.1. The second-order valence-corrected chi connectivity index (χ2v) is 10.8. The van der Waals surface area contributed by atoms with Gasteiger partial charge >= 0.3 is 6.18 Å². The van der Waals surface area contributed by atoms with E-state index in [4.69, 9.17) is 4.74 Å². The van der Waals surface area contributed by atoms with Gasteiger partial charge in [0, 0.05) is 37.5 Å². The Morgan fingerprint density at radius 3 is 2.17 bits per heavy atom. The third-order valence-corrected chi connectivity index (χ3v) is 6.25. The average Bonchev–Trinajstić information content (AvgIpc) is 3.46. The summed E-state index contributed by atoms with van der Waals surface area (Å²) in [7, 11) is 0. The first-order valence-corrected chi connectivity index (χ1v) is 16.1. The van der Waals surface area contributed by atoms with Crippen LogP contribution in [0.15, 0.2) is 42.7 Å². The molecule has 0 bridgehead atoms. The normalized spacial score (nSPS) is 13.8. The van der Waals surface area contributed by atoms with E-state index < -0.39 is 11.7 Å². The minimum absolute atomic E-state index is 0.0211. The highest BCUT2D eigenvalue weighted by Gasteiger charge is 2.32. The molecule has 4 rings (SSSR count). The van der Waals surface area contributed by atoms with Gasteiger partial charge in [-0.1, -0.05) is 27.7 Å². The Morgan fingerprint density at radius 2 is 1.70 bits per heavy atom. The molecule has 1 atom stereocenters. The predicted molar refractivity (Wildman–Crippen MR) is 180 cm³/mol. The molecule has 3 aromatic rings. The lowest BCUT2D eigenvalue weighted by Gasteiger charge is -2.25. The van der Waals surface area contributed by atoms with Gasteiger partial charge in [0.15, 0.2) is 5.82 Å². The van der Waals surface area contributed by atoms with Crippen molar-refractivity contribution in [1.29, 1.82) is 0 Å². The Bertz CT molecular complexity index is 1340. The van der Waals surface area contributed by atoms with Crippen molar-refractivity contribution in [2.45, 2.75) is 99.8 Å². The lowest BCUT2D eigenvalue weighted by molar-refractivity contribution is -0.137. The van der Waals surface area contributed by atoms with E-state index >= 15 is 0 Å². The van der Waals surface area contributed by atoms with E-state index in [9.17, 15) is 22.4 Å². The number of halogens is 4. The van der Waals surface area contributed by atoms with Crippen LogP contribution in [0.3, 0.4) is 0 Å². The molecule has 1 saturated heterocycles. The molecule has 9 nitrogen and oxygen atoms in total. The molecule has 3 N–H and O–H groups in total. The SMILES string of the molecule is CC.CC(C)NC(=O)c1ccc(Nc2cc(N3NCCC3C)cc(C(F)(F)F)c2)cn1.CCCOCCC.Cc1ncc(F)c(C)n1. The Hall–Kier alpha value is -3.84. The molecule has 262 valence electrons. The van der Waals surface area contributed by atoms with E-state index in [1.54, 1.807) is 31.0 Å². The molecule has 47 heavy (non-hydrogen) atoms. The first-order valence-electron chi connectivity index (χ1n) is 16.1. The fourth-order valence-corrected chi connectivity index (χ4v) is 4.07. The van der Waals surface area contributed by atoms with Crippen molar-refractivity contribution in [3.63, 3.8) is 0 Å². The van der Waals surface area contributed by atoms with E-state index in [0.29, 0.717) is 29.4 Å². The van der Waals surface area contributed by atoms with Gasteiger partial charge in [0.1, 0.15) is 11.5 Å². The largest absolute Gasteiger partial charge is 0.416 e. The number of aryl methyl sites for hydroxylation is 2. The Kier molecular flexibility index (Phi) is 18.5. The quantitative estimate of drug-likeness (QED) is 0.155. The number of alkyl halides is 3. The van der Waals surface area contributed by atoms with Gasteiger partial charge < -0.3 is 20.4 Å². The second kappa shape index (κ2) is 21.1. The van der Waals surface area contributed by atoms with Gasteiger partial charge in [-0.3, -0.25) is 4.79 Å². The number of carbonyl (C=O) groups is 1. The number of pyridine rings is 1. The number of hydrogen-bond acceptors (Lipinski definition) is 8. The van der Waals surface area contributed by atoms with Gasteiger partial charge in [0.2, 0.25) is 0 Å². The van der Waals surface area contributed by atoms with E-state index in [1.165, 1.54) is 18.5 Å². The summed E-state index contributed by atoms with van der Waals surface area (Å²) >= 11 is 0. The van der Waals surface area contributed by atoms with Crippen molar-refractivity contribution < 1.29 is 27.1 Å². The predicted octanol–water partition coefficient (Wildman–Crippen LogP) is 8.17. The van der Waals surface area contributed by atoms with Gasteiger partial charge in [-0.15, -0.1) is 0 Å². The fraction of sp³-hybridized carbons (Fsp3) is 0.529. The summed E-state index contributed by atoms with van der Waals surface area (Å²) < 4.78 is 57.7. The summed E-state index contributed by atoms with van der Waals surface area (Å²) in [4.78, 5) is 23.5. The molecule has 0 spiro atoms. The van der Waals surface area contributed by atoms with Gasteiger partial charge in [-0.2, -0.15) is 13.2 Å². The molecule has 1 amide bonds. The maximum Gasteiger partial charge on any atom is 0.416 e. The smallest absolute Gasteiger partial charge is 0.381 e. The van der Waals surface area contributed by atoms with Crippen molar-refractivity contribution >= 4 is 23.0 Å². The van der Waals surface area contributed by atoms with Crippen LogP contribution in [0.4, 0.5) is 34.6 Å². The zero-order chi connectivity index (χ0) is 35.6. The zero-order valence-electron chi connectivity index (χ0n) is 29.1. The van der Waals surface area contributed by atoms with Gasteiger partial charge in [-0.05, 0) is 84.2 Å². The van der Waals surface area contributed by atoms with Crippen molar-refractivity contribution in [3.8, 4) is 0 Å². The molecule has 1 aliphatic rings. The number of hydrazine groups is 1. The highest BCUT2D eigenvalue weighted by Crippen LogP contribution is 2.36. The Balaban J connectivity index is 0.000000501. The number of amides is 1. The maximum absolute atomic E-state index is 13.4. The molecule has 1 aliphatic heterocycles. The standard InChI is InChI=1S/C20H24F3N5O.C6H7FN2.C6H14O.C2H6/c1-12(2)26-19(29)18-5-4-15(11-24-18)27-16-8-14(20(21,22)23)9-17(10-16)28-13(3)6-7-25-28;1-4-6(7)3-8-5(2)9-4;1-3-5-7-6-4-2;1-2/h4-5,8-13,25,27H,6-7H2,1-3H3,(H,26,29);3H,1-2H3;3-6H2,1-2H3;1-2H3. The monoisotopic (exact) mass is 665 g/mol. The summed E-state index contributed by atoms with van der Waals surface area (Å²) in [6, 6.07) is 7.06. The molecule has 0 aliphatic carbocycles. The number of carbonyl (C=O) groups excluding carboxylic acids is 1. The van der Waals surface area contributed by atoms with E-state index in [1.807, 2.05) is 34.6 Å². The van der Waals surface area contributed by atoms with Crippen LogP contribution in [0.2, 0.25) is 0 Å². The number of nitrogens with one attached hydrogen (secondary N) is 3. The average molecular weight is 666 g/mol. The van der Waals surface area contributed by atoms with Gasteiger partial charge in [0.05, 0.1) is 35.0 Å². The van der Waals surface area contributed by atoms with Gasteiger partial charge in [-0.25, -0.2) is 24.8 Å². The van der Waals surface area contributed by atoms with Crippen molar-refractivity contribution in [3.05, 3.63) is 71.3 Å². The molecule has 1 aromatic carbocycles. The first-order chi connectivity index (χ1) is 22.2. The minimum Gasteiger partial charge on any atom is -0.381 e. The lowest BCUT2D eigenvalue weighted by atomic mass is 10.1. The van der Waals surface area contributed by atoms with E-state index in [0.717, 1.165) is 44.6 Å². The van der Waals surface area contributed by atoms with E-state index in [2.05, 4.69) is 44.9 Å². The lowest BCUT2D eigenvalue weighted by Crippen LogP contribution is -2.35. The molecule has 0 saturated carbocycles. The number of aromatic nitrogens is 3.